The lowest BCUT2D eigenvalue weighted by Gasteiger charge is -2.22. The molecular formula is C22H44N2O4S2. The van der Waals surface area contributed by atoms with Gasteiger partial charge in [-0.25, -0.2) is 0 Å². The molecule has 8 heteroatoms. The number of carbonyl (C=O) groups is 2. The van der Waals surface area contributed by atoms with E-state index in [2.05, 4.69) is 31.4 Å². The van der Waals surface area contributed by atoms with Gasteiger partial charge in [-0.05, 0) is 43.1 Å². The van der Waals surface area contributed by atoms with Crippen molar-refractivity contribution in [1.82, 2.24) is 10.6 Å². The van der Waals surface area contributed by atoms with Crippen molar-refractivity contribution in [3.63, 3.8) is 0 Å². The maximum atomic E-state index is 11.8. The summed E-state index contributed by atoms with van der Waals surface area (Å²) in [5.74, 6) is 3.76. The zero-order chi connectivity index (χ0) is 22.5. The number of amides is 2. The number of thioether (sulfide) groups is 2. The van der Waals surface area contributed by atoms with E-state index in [9.17, 15) is 9.59 Å². The first kappa shape index (κ1) is 29.6. The van der Waals surface area contributed by atoms with E-state index < -0.39 is 0 Å². The summed E-state index contributed by atoms with van der Waals surface area (Å²) in [5.41, 5.74) is 0.257. The second-order valence-corrected chi connectivity index (χ2v) is 10.3. The summed E-state index contributed by atoms with van der Waals surface area (Å²) in [6.45, 7) is 12.7. The topological polar surface area (TPSA) is 76.7 Å². The van der Waals surface area contributed by atoms with E-state index in [1.54, 1.807) is 23.5 Å². The highest BCUT2D eigenvalue weighted by Crippen LogP contribution is 2.19. The van der Waals surface area contributed by atoms with Gasteiger partial charge in [-0.1, -0.05) is 20.8 Å². The minimum atomic E-state index is 0.0432. The van der Waals surface area contributed by atoms with Crippen LogP contribution < -0.4 is 10.6 Å². The average Bonchev–Trinajstić information content (AvgIpc) is 2.72. The van der Waals surface area contributed by atoms with Crippen LogP contribution in [0.5, 0.6) is 0 Å². The van der Waals surface area contributed by atoms with E-state index in [1.807, 2.05) is 6.92 Å². The Hall–Kier alpha value is -0.440. The highest BCUT2D eigenvalue weighted by atomic mass is 32.2. The highest BCUT2D eigenvalue weighted by molar-refractivity contribution is 7.99. The smallest absolute Gasteiger partial charge is 0.220 e. The predicted octanol–water partition coefficient (Wildman–Crippen LogP) is 3.73. The molecular weight excluding hydrogens is 420 g/mol. The molecule has 0 spiro atoms. The van der Waals surface area contributed by atoms with Crippen molar-refractivity contribution >= 4 is 35.3 Å². The van der Waals surface area contributed by atoms with Crippen LogP contribution in [0.15, 0.2) is 0 Å². The van der Waals surface area contributed by atoms with Crippen LogP contribution in [0.3, 0.4) is 0 Å². The number of hydrogen-bond donors (Lipinski definition) is 2. The van der Waals surface area contributed by atoms with Gasteiger partial charge >= 0.3 is 0 Å². The molecule has 178 valence electrons. The summed E-state index contributed by atoms with van der Waals surface area (Å²) in [6, 6.07) is 0. The third-order valence-electron chi connectivity index (χ3n) is 4.52. The molecule has 0 fully saturated rings. The van der Waals surface area contributed by atoms with E-state index >= 15 is 0 Å². The van der Waals surface area contributed by atoms with Gasteiger partial charge in [-0.2, -0.15) is 23.5 Å². The molecule has 0 aromatic rings. The van der Waals surface area contributed by atoms with Crippen LogP contribution in [0.2, 0.25) is 0 Å². The van der Waals surface area contributed by atoms with Crippen molar-refractivity contribution in [2.24, 2.45) is 5.41 Å². The number of ether oxygens (including phenoxy) is 2. The zero-order valence-electron chi connectivity index (χ0n) is 19.6. The SMILES string of the molecule is CCOCCCSCCC(=O)NCCNC(=O)CCSCCCOCC(C)(C)CC. The van der Waals surface area contributed by atoms with Crippen LogP contribution in [0.25, 0.3) is 0 Å². The number of rotatable bonds is 21. The van der Waals surface area contributed by atoms with Crippen LogP contribution in [0.4, 0.5) is 0 Å². The molecule has 0 saturated heterocycles. The Kier molecular flexibility index (Phi) is 20.2. The average molecular weight is 465 g/mol. The summed E-state index contributed by atoms with van der Waals surface area (Å²) >= 11 is 3.56. The van der Waals surface area contributed by atoms with Gasteiger partial charge in [0.2, 0.25) is 11.8 Å². The molecule has 2 N–H and O–H groups in total. The highest BCUT2D eigenvalue weighted by Gasteiger charge is 2.14. The van der Waals surface area contributed by atoms with Crippen molar-refractivity contribution in [3.8, 4) is 0 Å². The van der Waals surface area contributed by atoms with Crippen LogP contribution >= 0.6 is 23.5 Å². The molecule has 6 nitrogen and oxygen atoms in total. The fraction of sp³-hybridized carbons (Fsp3) is 0.909. The maximum Gasteiger partial charge on any atom is 0.220 e. The Morgan fingerprint density at radius 1 is 0.800 bits per heavy atom. The lowest BCUT2D eigenvalue weighted by atomic mass is 9.92. The Bertz CT molecular complexity index is 437. The van der Waals surface area contributed by atoms with Gasteiger partial charge in [0.25, 0.3) is 0 Å². The molecule has 0 radical (unpaired) electrons. The molecule has 0 aromatic carbocycles. The third-order valence-corrected chi connectivity index (χ3v) is 6.67. The number of nitrogens with one attached hydrogen (secondary N) is 2. The molecule has 0 heterocycles. The zero-order valence-corrected chi connectivity index (χ0v) is 21.2. The molecule has 0 aromatic heterocycles. The van der Waals surface area contributed by atoms with Gasteiger partial charge in [-0.3, -0.25) is 9.59 Å². The molecule has 0 rings (SSSR count). The van der Waals surface area contributed by atoms with E-state index in [-0.39, 0.29) is 17.2 Å². The molecule has 0 saturated carbocycles. The van der Waals surface area contributed by atoms with Gasteiger partial charge in [0, 0.05) is 57.3 Å². The lowest BCUT2D eigenvalue weighted by Crippen LogP contribution is -2.34. The maximum absolute atomic E-state index is 11.8. The predicted molar refractivity (Wildman–Crippen MR) is 131 cm³/mol. The fourth-order valence-electron chi connectivity index (χ4n) is 2.24. The van der Waals surface area contributed by atoms with Crippen LogP contribution in [0, 0.1) is 5.41 Å². The summed E-state index contributed by atoms with van der Waals surface area (Å²) in [6.07, 6.45) is 4.19. The van der Waals surface area contributed by atoms with E-state index in [0.29, 0.717) is 25.9 Å². The van der Waals surface area contributed by atoms with Crippen molar-refractivity contribution in [2.75, 3.05) is 62.5 Å². The van der Waals surface area contributed by atoms with Crippen molar-refractivity contribution in [2.45, 2.75) is 59.8 Å². The second-order valence-electron chi connectivity index (χ2n) is 7.90. The molecule has 0 unspecified atom stereocenters. The van der Waals surface area contributed by atoms with Gasteiger partial charge in [0.1, 0.15) is 0 Å². The van der Waals surface area contributed by atoms with Gasteiger partial charge < -0.3 is 20.1 Å². The summed E-state index contributed by atoms with van der Waals surface area (Å²) in [7, 11) is 0. The Labute approximate surface area is 192 Å². The first-order valence-electron chi connectivity index (χ1n) is 11.3. The standard InChI is InChI=1S/C22H44N2O4S2/c1-5-22(3,4)19-28-14-8-16-30-18-10-21(26)24-12-11-23-20(25)9-17-29-15-7-13-27-6-2/h5-19H2,1-4H3,(H,23,25)(H,24,26). The van der Waals surface area contributed by atoms with Crippen molar-refractivity contribution in [1.29, 1.82) is 0 Å². The van der Waals surface area contributed by atoms with E-state index in [1.165, 1.54) is 0 Å². The van der Waals surface area contributed by atoms with Crippen molar-refractivity contribution < 1.29 is 19.1 Å². The molecule has 0 aliphatic carbocycles. The minimum absolute atomic E-state index is 0.0432. The van der Waals surface area contributed by atoms with E-state index in [0.717, 1.165) is 68.7 Å². The third kappa shape index (κ3) is 20.8. The van der Waals surface area contributed by atoms with Gasteiger partial charge in [-0.15, -0.1) is 0 Å². The van der Waals surface area contributed by atoms with Gasteiger partial charge in [0.05, 0.1) is 6.61 Å². The Morgan fingerprint density at radius 3 is 1.77 bits per heavy atom. The normalized spacial score (nSPS) is 11.5. The largest absolute Gasteiger partial charge is 0.382 e. The second kappa shape index (κ2) is 20.5. The first-order valence-corrected chi connectivity index (χ1v) is 13.6. The molecule has 0 aliphatic rings. The fourth-order valence-corrected chi connectivity index (χ4v) is 3.95. The van der Waals surface area contributed by atoms with Crippen LogP contribution in [-0.4, -0.2) is 74.3 Å². The number of carbonyl (C=O) groups excluding carboxylic acids is 2. The Balaban J connectivity index is 3.38. The minimum Gasteiger partial charge on any atom is -0.382 e. The summed E-state index contributed by atoms with van der Waals surface area (Å²) in [4.78, 5) is 23.5. The molecule has 0 atom stereocenters. The van der Waals surface area contributed by atoms with Crippen LogP contribution in [-0.2, 0) is 19.1 Å². The Morgan fingerprint density at radius 2 is 1.30 bits per heavy atom. The van der Waals surface area contributed by atoms with E-state index in [4.69, 9.17) is 9.47 Å². The summed E-state index contributed by atoms with van der Waals surface area (Å²) < 4.78 is 11.0. The van der Waals surface area contributed by atoms with Crippen LogP contribution in [0.1, 0.15) is 59.8 Å². The molecule has 0 bridgehead atoms. The lowest BCUT2D eigenvalue weighted by molar-refractivity contribution is -0.122. The first-order chi connectivity index (χ1) is 14.4. The van der Waals surface area contributed by atoms with Crippen molar-refractivity contribution in [3.05, 3.63) is 0 Å². The molecule has 2 amide bonds. The molecule has 30 heavy (non-hydrogen) atoms. The monoisotopic (exact) mass is 464 g/mol. The van der Waals surface area contributed by atoms with Gasteiger partial charge in [0.15, 0.2) is 0 Å². The quantitative estimate of drug-likeness (QED) is 0.252. The molecule has 0 aliphatic heterocycles. The number of hydrogen-bond acceptors (Lipinski definition) is 6. The summed E-state index contributed by atoms with van der Waals surface area (Å²) in [5, 5.41) is 5.71.